The zero-order valence-electron chi connectivity index (χ0n) is 47.8. The lowest BCUT2D eigenvalue weighted by atomic mass is 9.64. The minimum absolute atomic E-state index is 0.148. The summed E-state index contributed by atoms with van der Waals surface area (Å²) in [6.45, 7) is 17.2. The summed E-state index contributed by atoms with van der Waals surface area (Å²) in [4.78, 5) is 69.3. The molecule has 5 unspecified atom stereocenters. The molecule has 0 saturated carbocycles. The number of aliphatic hydroxyl groups is 1. The topological polar surface area (TPSA) is 249 Å². The van der Waals surface area contributed by atoms with Gasteiger partial charge in [0.1, 0.15) is 36.6 Å². The van der Waals surface area contributed by atoms with E-state index in [4.69, 9.17) is 43.5 Å². The van der Waals surface area contributed by atoms with Crippen LogP contribution in [0.5, 0.6) is 0 Å². The fourth-order valence-electron chi connectivity index (χ4n) is 9.77. The van der Waals surface area contributed by atoms with Gasteiger partial charge in [0.05, 0.1) is 12.0 Å². The number of aryl methyl sites for hydroxylation is 2. The molecule has 11 atom stereocenters. The Morgan fingerprint density at radius 3 is 1.50 bits per heavy atom. The largest absolute Gasteiger partial charge is 0.695 e. The van der Waals surface area contributed by atoms with Crippen molar-refractivity contribution in [2.24, 2.45) is 0 Å². The van der Waals surface area contributed by atoms with Gasteiger partial charge >= 0.3 is 26.4 Å². The van der Waals surface area contributed by atoms with Gasteiger partial charge in [-0.25, -0.2) is 14.2 Å². The lowest BCUT2D eigenvalue weighted by Crippen LogP contribution is -2.54. The standard InChI is InChI=1S/C57H71ClN4O15P2SSi2/c1-35-32-61(53(66)59-49(35)64)51-46(76-81(9,10)55(3,4)5)43(74-78(68)69)42(72-51)34-71-79(70,80-41-30-28-40(58)29-31-41)75-44-45(73-52(47(44)77-82(11,12)56(6,7)8)62-33-36(2)50(65)60-54(62)67)48(63)57(37-22-16-13-17-23-37,38-24-18-14-19-25-38)39-26-20-15-21-27-39/h13-33,42-48,51-52,63H,34H2,1-12H3,(H2-,59,60,64,65,66,67,68,69)/p+1/t42-,43-,44-,45+,46?,47?,48?,51-,52-,79?/m1/s1. The smallest absolute Gasteiger partial charge is 0.407 e. The molecule has 2 fully saturated rings. The number of halogens is 1. The third-order valence-corrected chi connectivity index (χ3v) is 29.3. The van der Waals surface area contributed by atoms with Crippen LogP contribution in [0, 0.1) is 13.8 Å². The van der Waals surface area contributed by atoms with Crippen LogP contribution in [0.15, 0.2) is 152 Å². The van der Waals surface area contributed by atoms with Gasteiger partial charge in [-0.3, -0.25) is 37.7 Å². The van der Waals surface area contributed by atoms with Crippen molar-refractivity contribution in [1.82, 2.24) is 19.1 Å². The van der Waals surface area contributed by atoms with E-state index in [1.54, 1.807) is 24.3 Å². The number of aromatic nitrogens is 4. The van der Waals surface area contributed by atoms with Gasteiger partial charge in [0.25, 0.3) is 11.1 Å². The molecule has 0 spiro atoms. The molecule has 2 saturated heterocycles. The molecule has 0 bridgehead atoms. The summed E-state index contributed by atoms with van der Waals surface area (Å²) < 4.78 is 79.4. The first-order valence-corrected chi connectivity index (χ1v) is 37.0. The first-order chi connectivity index (χ1) is 38.4. The zero-order chi connectivity index (χ0) is 59.9. The van der Waals surface area contributed by atoms with E-state index in [2.05, 4.69) is 9.97 Å². The number of H-pyrrole nitrogens is 2. The van der Waals surface area contributed by atoms with Gasteiger partial charge in [-0.15, -0.1) is 9.42 Å². The third-order valence-electron chi connectivity index (χ3n) is 16.2. The number of aromatic amines is 2. The monoisotopic (exact) mass is 1240 g/mol. The first kappa shape index (κ1) is 63.3. The van der Waals surface area contributed by atoms with Crippen LogP contribution in [-0.4, -0.2) is 95.1 Å². The van der Waals surface area contributed by atoms with E-state index >= 15 is 4.57 Å². The maximum atomic E-state index is 16.6. The highest BCUT2D eigenvalue weighted by Gasteiger charge is 2.61. The Bertz CT molecular complexity index is 3430. The number of ether oxygens (including phenoxy) is 2. The van der Waals surface area contributed by atoms with E-state index in [0.717, 1.165) is 4.57 Å². The van der Waals surface area contributed by atoms with Crippen LogP contribution in [0.4, 0.5) is 0 Å². The highest BCUT2D eigenvalue weighted by molar-refractivity contribution is 8.55. The Labute approximate surface area is 488 Å². The Kier molecular flexibility index (Phi) is 19.1. The van der Waals surface area contributed by atoms with Crippen molar-refractivity contribution in [3.05, 3.63) is 202 Å². The van der Waals surface area contributed by atoms with Crippen LogP contribution in [0.25, 0.3) is 0 Å². The predicted octanol–water partition coefficient (Wildman–Crippen LogP) is 10.7. The molecular weight excluding hydrogens is 1170 g/mol. The van der Waals surface area contributed by atoms with E-state index < -0.39 is 131 Å². The number of aliphatic hydroxyl groups excluding tert-OH is 1. The average Bonchev–Trinajstić information content (AvgIpc) is 2.13. The molecule has 19 nitrogen and oxygen atoms in total. The molecule has 4 N–H and O–H groups in total. The van der Waals surface area contributed by atoms with E-state index in [0.29, 0.717) is 38.0 Å². The fourth-order valence-corrected chi connectivity index (χ4v) is 16.4. The van der Waals surface area contributed by atoms with Gasteiger partial charge in [0, 0.05) is 38.0 Å². The maximum Gasteiger partial charge on any atom is 0.695 e. The van der Waals surface area contributed by atoms with Crippen molar-refractivity contribution >= 4 is 54.7 Å². The minimum atomic E-state index is -4.90. The lowest BCUT2D eigenvalue weighted by Gasteiger charge is -2.44. The van der Waals surface area contributed by atoms with Crippen LogP contribution in [0.2, 0.25) is 41.3 Å². The third kappa shape index (κ3) is 13.2. The second kappa shape index (κ2) is 24.7. The molecule has 82 heavy (non-hydrogen) atoms. The Morgan fingerprint density at radius 1 is 0.671 bits per heavy atom. The van der Waals surface area contributed by atoms with E-state index in [1.165, 1.54) is 30.8 Å². The molecule has 2 aliphatic rings. The molecule has 4 aromatic carbocycles. The number of nitrogens with one attached hydrogen (secondary N) is 2. The quantitative estimate of drug-likeness (QED) is 0.0315. The van der Waals surface area contributed by atoms with Crippen molar-refractivity contribution in [3.63, 3.8) is 0 Å². The second-order valence-corrected chi connectivity index (χ2v) is 38.3. The molecule has 2 aliphatic heterocycles. The van der Waals surface area contributed by atoms with E-state index in [1.807, 2.05) is 159 Å². The molecule has 25 heteroatoms. The number of nitrogens with zero attached hydrogens (tertiary/aromatic N) is 2. The molecule has 2 aromatic heterocycles. The first-order valence-electron chi connectivity index (χ1n) is 26.7. The van der Waals surface area contributed by atoms with Gasteiger partial charge in [0.15, 0.2) is 35.2 Å². The Balaban J connectivity index is 1.35. The molecule has 0 aliphatic carbocycles. The van der Waals surface area contributed by atoms with Gasteiger partial charge in [-0.05, 0) is 102 Å². The molecular formula is C57H72ClN4O15P2SSi2+. The van der Waals surface area contributed by atoms with E-state index in [-0.39, 0.29) is 11.1 Å². The van der Waals surface area contributed by atoms with Gasteiger partial charge in [-0.2, -0.15) is 0 Å². The zero-order valence-corrected chi connectivity index (χ0v) is 53.2. The number of hydrogen-bond donors (Lipinski definition) is 4. The van der Waals surface area contributed by atoms with Gasteiger partial charge in [-0.1, -0.05) is 144 Å². The van der Waals surface area contributed by atoms with Crippen molar-refractivity contribution in [1.29, 1.82) is 0 Å². The highest BCUT2D eigenvalue weighted by atomic mass is 35.5. The Morgan fingerprint density at radius 2 is 1.09 bits per heavy atom. The fraction of sp³-hybridized carbons (Fsp3) is 0.439. The molecule has 4 heterocycles. The number of rotatable bonds is 20. The van der Waals surface area contributed by atoms with Crippen molar-refractivity contribution in [3.8, 4) is 0 Å². The highest BCUT2D eigenvalue weighted by Crippen LogP contribution is 2.67. The van der Waals surface area contributed by atoms with Crippen molar-refractivity contribution in [2.75, 3.05) is 6.61 Å². The summed E-state index contributed by atoms with van der Waals surface area (Å²) in [5.41, 5.74) is -2.32. The maximum absolute atomic E-state index is 16.6. The molecule has 0 radical (unpaired) electrons. The van der Waals surface area contributed by atoms with Crippen molar-refractivity contribution in [2.45, 2.75) is 157 Å². The minimum Gasteiger partial charge on any atom is -0.407 e. The SMILES string of the molecule is Cc1cn([C@@H]2O[C@H](C(O)C(c3ccccc3)(c3ccccc3)c3ccccc3)[C@@H](OP(=O)(OC[C@H]3O[C@@H](n4cc(C)c(=O)[nH]c4=O)C(O[Si](C)(C)C(C)(C)C)[C@@H]3O[P+](=O)O)Sc3ccc(Cl)cc3)C2O[Si](C)(C)C(C)(C)C)c(=O)[nH]c1=O. The average molecular weight is 1240 g/mol. The van der Waals surface area contributed by atoms with Crippen LogP contribution < -0.4 is 22.5 Å². The number of benzene rings is 4. The van der Waals surface area contributed by atoms with Gasteiger partial charge in [0.2, 0.25) is 0 Å². The summed E-state index contributed by atoms with van der Waals surface area (Å²) in [5, 5.41) is 13.4. The summed E-state index contributed by atoms with van der Waals surface area (Å²) >= 11 is 7.08. The molecule has 6 aromatic rings. The van der Waals surface area contributed by atoms with E-state index in [9.17, 15) is 33.7 Å². The predicted molar refractivity (Wildman–Crippen MR) is 320 cm³/mol. The summed E-state index contributed by atoms with van der Waals surface area (Å²) in [6, 6.07) is 34.3. The van der Waals surface area contributed by atoms with Crippen LogP contribution in [-0.2, 0) is 46.4 Å². The summed E-state index contributed by atoms with van der Waals surface area (Å²) in [7, 11) is -9.37. The lowest BCUT2D eigenvalue weighted by molar-refractivity contribution is -0.0975. The summed E-state index contributed by atoms with van der Waals surface area (Å²) in [6.07, 6.45) is -10.8. The molecule has 0 amide bonds. The van der Waals surface area contributed by atoms with Crippen LogP contribution in [0.1, 0.15) is 81.8 Å². The Hall–Kier alpha value is -4.72. The summed E-state index contributed by atoms with van der Waals surface area (Å²) in [5.74, 6) is 0. The van der Waals surface area contributed by atoms with Crippen LogP contribution >= 0.6 is 38.0 Å². The number of hydrogen-bond acceptors (Lipinski definition) is 15. The molecule has 440 valence electrons. The van der Waals surface area contributed by atoms with Crippen LogP contribution in [0.3, 0.4) is 0 Å². The normalized spacial score (nSPS) is 23.1. The van der Waals surface area contributed by atoms with Crippen molar-refractivity contribution < 1.29 is 51.0 Å². The second-order valence-electron chi connectivity index (χ2n) is 23.7. The molecule has 8 rings (SSSR count). The van der Waals surface area contributed by atoms with Gasteiger partial charge < -0.3 is 23.4 Å².